The van der Waals surface area contributed by atoms with Crippen molar-refractivity contribution in [1.29, 1.82) is 0 Å². The lowest BCUT2D eigenvalue weighted by Gasteiger charge is -2.44. The van der Waals surface area contributed by atoms with Crippen molar-refractivity contribution in [2.24, 2.45) is 5.92 Å². The molecule has 1 aromatic carbocycles. The third-order valence-corrected chi connectivity index (χ3v) is 6.02. The lowest BCUT2D eigenvalue weighted by atomic mass is 9.78. The van der Waals surface area contributed by atoms with Crippen molar-refractivity contribution < 1.29 is 19.3 Å². The lowest BCUT2D eigenvalue weighted by molar-refractivity contribution is -0.384. The van der Waals surface area contributed by atoms with Gasteiger partial charge in [0.15, 0.2) is 0 Å². The van der Waals surface area contributed by atoms with Crippen LogP contribution < -0.4 is 0 Å². The van der Waals surface area contributed by atoms with Crippen molar-refractivity contribution in [3.05, 3.63) is 39.4 Å². The maximum absolute atomic E-state index is 12.9. The third kappa shape index (κ3) is 2.98. The zero-order valence-electron chi connectivity index (χ0n) is 14.9. The number of imide groups is 1. The highest BCUT2D eigenvalue weighted by atomic mass is 16.6. The first kappa shape index (κ1) is 17.6. The number of hydrogen-bond acceptors (Lipinski definition) is 5. The Morgan fingerprint density at radius 3 is 2.56 bits per heavy atom. The molecule has 1 aliphatic carbocycles. The molecule has 2 unspecified atom stereocenters. The molecule has 2 aliphatic heterocycles. The number of nitrogens with zero attached hydrogens (tertiary/aromatic N) is 3. The Hall–Kier alpha value is -2.77. The second-order valence-corrected chi connectivity index (χ2v) is 7.52. The summed E-state index contributed by atoms with van der Waals surface area (Å²) in [6.07, 6.45) is 6.48. The van der Waals surface area contributed by atoms with Crippen LogP contribution in [0.4, 0.5) is 5.69 Å². The minimum Gasteiger partial charge on any atom is -0.338 e. The minimum absolute atomic E-state index is 0.00353. The first-order valence-electron chi connectivity index (χ1n) is 9.41. The molecule has 2 heterocycles. The van der Waals surface area contributed by atoms with Gasteiger partial charge in [-0.05, 0) is 37.7 Å². The van der Waals surface area contributed by atoms with E-state index in [0.29, 0.717) is 12.5 Å². The number of likely N-dealkylation sites (tertiary alicyclic amines) is 1. The maximum Gasteiger partial charge on any atom is 0.270 e. The fourth-order valence-electron chi connectivity index (χ4n) is 4.70. The number of non-ortho nitro benzene ring substituents is 1. The monoisotopic (exact) mass is 371 g/mol. The van der Waals surface area contributed by atoms with Crippen molar-refractivity contribution in [3.63, 3.8) is 0 Å². The van der Waals surface area contributed by atoms with Crippen LogP contribution in [0.15, 0.2) is 18.2 Å². The smallest absolute Gasteiger partial charge is 0.270 e. The Balaban J connectivity index is 1.52. The average Bonchev–Trinajstić information content (AvgIpc) is 2.91. The maximum atomic E-state index is 12.9. The highest BCUT2D eigenvalue weighted by Gasteiger charge is 2.41. The molecule has 1 saturated carbocycles. The van der Waals surface area contributed by atoms with Crippen LogP contribution in [0.1, 0.15) is 59.2 Å². The van der Waals surface area contributed by atoms with Gasteiger partial charge in [-0.3, -0.25) is 29.4 Å². The average molecular weight is 371 g/mol. The lowest BCUT2D eigenvalue weighted by Crippen LogP contribution is -2.53. The summed E-state index contributed by atoms with van der Waals surface area (Å²) in [5, 5.41) is 10.9. The predicted octanol–water partition coefficient (Wildman–Crippen LogP) is 2.37. The van der Waals surface area contributed by atoms with Crippen LogP contribution >= 0.6 is 0 Å². The summed E-state index contributed by atoms with van der Waals surface area (Å²) in [5.74, 6) is -0.892. The Morgan fingerprint density at radius 2 is 1.78 bits per heavy atom. The van der Waals surface area contributed by atoms with Gasteiger partial charge in [-0.25, -0.2) is 0 Å². The molecule has 0 aromatic heterocycles. The summed E-state index contributed by atoms with van der Waals surface area (Å²) in [5.41, 5.74) is -0.132. The Labute approximate surface area is 156 Å². The van der Waals surface area contributed by atoms with Crippen molar-refractivity contribution in [1.82, 2.24) is 9.80 Å². The number of carbonyl (C=O) groups excluding carboxylic acids is 3. The van der Waals surface area contributed by atoms with Crippen LogP contribution in [-0.4, -0.2) is 51.6 Å². The van der Waals surface area contributed by atoms with E-state index < -0.39 is 16.7 Å². The summed E-state index contributed by atoms with van der Waals surface area (Å²) < 4.78 is 0. The van der Waals surface area contributed by atoms with E-state index in [9.17, 15) is 24.5 Å². The molecule has 4 rings (SSSR count). The van der Waals surface area contributed by atoms with E-state index >= 15 is 0 Å². The van der Waals surface area contributed by atoms with Gasteiger partial charge in [-0.1, -0.05) is 12.8 Å². The van der Waals surface area contributed by atoms with Crippen LogP contribution in [0, 0.1) is 16.0 Å². The SMILES string of the molecule is O=C1c2ccc([N+](=O)[O-])cc2C(=O)N1CC(=O)N1CCCC2CCCCC21. The first-order valence-corrected chi connectivity index (χ1v) is 9.41. The molecule has 2 atom stereocenters. The number of benzene rings is 1. The molecule has 0 spiro atoms. The minimum atomic E-state index is -0.635. The molecule has 142 valence electrons. The van der Waals surface area contributed by atoms with Crippen molar-refractivity contribution in [3.8, 4) is 0 Å². The molecule has 0 bridgehead atoms. The molecule has 27 heavy (non-hydrogen) atoms. The van der Waals surface area contributed by atoms with E-state index in [1.165, 1.54) is 18.6 Å². The van der Waals surface area contributed by atoms with Gasteiger partial charge in [0.2, 0.25) is 5.91 Å². The molecule has 0 radical (unpaired) electrons. The first-order chi connectivity index (χ1) is 13.0. The van der Waals surface area contributed by atoms with Crippen molar-refractivity contribution in [2.75, 3.05) is 13.1 Å². The topological polar surface area (TPSA) is 101 Å². The molecule has 8 nitrogen and oxygen atoms in total. The van der Waals surface area contributed by atoms with Gasteiger partial charge >= 0.3 is 0 Å². The summed E-state index contributed by atoms with van der Waals surface area (Å²) >= 11 is 0. The Kier molecular flexibility index (Phi) is 4.41. The normalized spacial score (nSPS) is 24.6. The summed E-state index contributed by atoms with van der Waals surface area (Å²) in [4.78, 5) is 51.1. The van der Waals surface area contributed by atoms with Gasteiger partial charge in [-0.15, -0.1) is 0 Å². The quantitative estimate of drug-likeness (QED) is 0.461. The molecule has 1 saturated heterocycles. The molecule has 3 aliphatic rings. The highest BCUT2D eigenvalue weighted by Crippen LogP contribution is 2.35. The fourth-order valence-corrected chi connectivity index (χ4v) is 4.70. The zero-order valence-corrected chi connectivity index (χ0v) is 14.9. The summed E-state index contributed by atoms with van der Waals surface area (Å²) in [6, 6.07) is 3.80. The molecular weight excluding hydrogens is 350 g/mol. The van der Waals surface area contributed by atoms with Gasteiger partial charge in [0.05, 0.1) is 16.1 Å². The molecular formula is C19H21N3O5. The van der Waals surface area contributed by atoms with Gasteiger partial charge in [-0.2, -0.15) is 0 Å². The zero-order chi connectivity index (χ0) is 19.1. The molecule has 3 amide bonds. The number of amides is 3. The van der Waals surface area contributed by atoms with E-state index in [0.717, 1.165) is 43.1 Å². The molecule has 8 heteroatoms. The number of fused-ring (bicyclic) bond motifs is 2. The van der Waals surface area contributed by atoms with Gasteiger partial charge in [0, 0.05) is 24.7 Å². The molecule has 0 N–H and O–H groups in total. The summed E-state index contributed by atoms with van der Waals surface area (Å²) in [6.45, 7) is 0.359. The number of carbonyl (C=O) groups is 3. The van der Waals surface area contributed by atoms with Crippen LogP contribution in [0.25, 0.3) is 0 Å². The van der Waals surface area contributed by atoms with Crippen LogP contribution in [0.3, 0.4) is 0 Å². The number of rotatable bonds is 3. The third-order valence-electron chi connectivity index (χ3n) is 6.02. The molecule has 2 fully saturated rings. The van der Waals surface area contributed by atoms with E-state index in [-0.39, 0.29) is 35.3 Å². The van der Waals surface area contributed by atoms with Crippen molar-refractivity contribution >= 4 is 23.4 Å². The van der Waals surface area contributed by atoms with Crippen LogP contribution in [0.2, 0.25) is 0 Å². The van der Waals surface area contributed by atoms with Gasteiger partial charge < -0.3 is 4.90 Å². The van der Waals surface area contributed by atoms with E-state index in [1.807, 2.05) is 4.90 Å². The highest BCUT2D eigenvalue weighted by molar-refractivity contribution is 6.22. The number of hydrogen-bond donors (Lipinski definition) is 0. The Bertz CT molecular complexity index is 835. The predicted molar refractivity (Wildman–Crippen MR) is 95.2 cm³/mol. The summed E-state index contributed by atoms with van der Waals surface area (Å²) in [7, 11) is 0. The van der Waals surface area contributed by atoms with Crippen molar-refractivity contribution in [2.45, 2.75) is 44.6 Å². The van der Waals surface area contributed by atoms with Crippen LogP contribution in [-0.2, 0) is 4.79 Å². The number of nitro groups is 1. The number of piperidine rings is 1. The Morgan fingerprint density at radius 1 is 1.07 bits per heavy atom. The van der Waals surface area contributed by atoms with Gasteiger partial charge in [0.25, 0.3) is 17.5 Å². The number of nitro benzene ring substituents is 1. The van der Waals surface area contributed by atoms with E-state index in [1.54, 1.807) is 0 Å². The van der Waals surface area contributed by atoms with Gasteiger partial charge in [0.1, 0.15) is 6.54 Å². The van der Waals surface area contributed by atoms with E-state index in [2.05, 4.69) is 0 Å². The van der Waals surface area contributed by atoms with E-state index in [4.69, 9.17) is 0 Å². The standard InChI is InChI=1S/C19H21N3O5/c23-17(20-9-3-5-12-4-1-2-6-16(12)20)11-21-18(24)14-8-7-13(22(26)27)10-15(14)19(21)25/h7-8,10,12,16H,1-6,9,11H2. The fraction of sp³-hybridized carbons (Fsp3) is 0.526. The second kappa shape index (κ2) is 6.75. The van der Waals surface area contributed by atoms with Crippen LogP contribution in [0.5, 0.6) is 0 Å². The second-order valence-electron chi connectivity index (χ2n) is 7.52. The molecule has 1 aromatic rings. The largest absolute Gasteiger partial charge is 0.338 e.